The van der Waals surface area contributed by atoms with Gasteiger partial charge in [-0.3, -0.25) is 9.59 Å². The number of hydrogen-bond acceptors (Lipinski definition) is 3. The van der Waals surface area contributed by atoms with Gasteiger partial charge in [0.1, 0.15) is 0 Å². The molecule has 0 spiro atoms. The van der Waals surface area contributed by atoms with E-state index in [1.165, 1.54) is 11.6 Å². The molecule has 3 rings (SSSR count). The Morgan fingerprint density at radius 3 is 2.91 bits per heavy atom. The van der Waals surface area contributed by atoms with E-state index >= 15 is 0 Å². The van der Waals surface area contributed by atoms with Crippen molar-refractivity contribution in [3.8, 4) is 0 Å². The lowest BCUT2D eigenvalue weighted by Gasteiger charge is -2.14. The van der Waals surface area contributed by atoms with Gasteiger partial charge < -0.3 is 10.3 Å². The van der Waals surface area contributed by atoms with Gasteiger partial charge in [-0.1, -0.05) is 18.2 Å². The van der Waals surface area contributed by atoms with E-state index in [-0.39, 0.29) is 17.5 Å². The van der Waals surface area contributed by atoms with Crippen LogP contribution in [0.25, 0.3) is 10.9 Å². The number of H-pyrrole nitrogens is 1. The molecule has 0 bridgehead atoms. The van der Waals surface area contributed by atoms with Crippen LogP contribution in [0, 0.1) is 0 Å². The number of carbonyl (C=O) groups excluding carboxylic acids is 1. The molecule has 4 nitrogen and oxygen atoms in total. The highest BCUT2D eigenvalue weighted by atomic mass is 32.1. The van der Waals surface area contributed by atoms with Crippen molar-refractivity contribution in [3.63, 3.8) is 0 Å². The Balaban J connectivity index is 1.84. The highest BCUT2D eigenvalue weighted by molar-refractivity contribution is 7.07. The van der Waals surface area contributed by atoms with Gasteiger partial charge in [0.15, 0.2) is 0 Å². The molecule has 0 radical (unpaired) electrons. The van der Waals surface area contributed by atoms with Crippen LogP contribution in [0.15, 0.2) is 52.0 Å². The van der Waals surface area contributed by atoms with E-state index in [0.29, 0.717) is 11.1 Å². The lowest BCUT2D eigenvalue weighted by atomic mass is 10.1. The maximum atomic E-state index is 12.5. The van der Waals surface area contributed by atoms with Gasteiger partial charge in [-0.05, 0) is 41.8 Å². The molecule has 0 saturated carbocycles. The summed E-state index contributed by atoms with van der Waals surface area (Å²) in [4.78, 5) is 26.9. The number of amides is 1. The maximum Gasteiger partial charge on any atom is 0.252 e. The van der Waals surface area contributed by atoms with E-state index in [4.69, 9.17) is 0 Å². The molecule has 0 aliphatic carbocycles. The monoisotopic (exact) mass is 312 g/mol. The topological polar surface area (TPSA) is 62.0 Å². The van der Waals surface area contributed by atoms with Gasteiger partial charge in [-0.15, -0.1) is 0 Å². The predicted octanol–water partition coefficient (Wildman–Crippen LogP) is 2.95. The zero-order valence-electron chi connectivity index (χ0n) is 12.1. The van der Waals surface area contributed by atoms with Gasteiger partial charge in [0, 0.05) is 23.0 Å². The lowest BCUT2D eigenvalue weighted by Crippen LogP contribution is -2.34. The fraction of sp³-hybridized carbons (Fsp3) is 0.176. The van der Waals surface area contributed by atoms with Crippen LogP contribution in [-0.4, -0.2) is 16.9 Å². The fourth-order valence-corrected chi connectivity index (χ4v) is 3.19. The molecule has 0 aliphatic rings. The number of para-hydroxylation sites is 1. The van der Waals surface area contributed by atoms with Crippen molar-refractivity contribution < 1.29 is 4.79 Å². The zero-order chi connectivity index (χ0) is 15.5. The highest BCUT2D eigenvalue weighted by Gasteiger charge is 2.14. The predicted molar refractivity (Wildman–Crippen MR) is 89.5 cm³/mol. The molecular formula is C17H16N2O2S. The molecule has 2 N–H and O–H groups in total. The first-order chi connectivity index (χ1) is 10.6. The number of rotatable bonds is 4. The largest absolute Gasteiger partial charge is 0.349 e. The first-order valence-corrected chi connectivity index (χ1v) is 8.02. The summed E-state index contributed by atoms with van der Waals surface area (Å²) in [6.07, 6.45) is 0.774. The van der Waals surface area contributed by atoms with Crippen molar-refractivity contribution in [2.45, 2.75) is 19.4 Å². The summed E-state index contributed by atoms with van der Waals surface area (Å²) in [6, 6.07) is 10.7. The second kappa shape index (κ2) is 6.15. The van der Waals surface area contributed by atoms with E-state index in [1.54, 1.807) is 17.4 Å². The maximum absolute atomic E-state index is 12.5. The quantitative estimate of drug-likeness (QED) is 0.778. The Bertz CT molecular complexity index is 852. The number of hydrogen-bond donors (Lipinski definition) is 2. The second-order valence-electron chi connectivity index (χ2n) is 5.30. The van der Waals surface area contributed by atoms with Crippen LogP contribution >= 0.6 is 11.3 Å². The molecule has 1 atom stereocenters. The lowest BCUT2D eigenvalue weighted by molar-refractivity contribution is 0.0941. The Kier molecular flexibility index (Phi) is 4.06. The SMILES string of the molecule is CC(Cc1ccsc1)NC(=O)c1cc(=O)[nH]c2ccccc12. The van der Waals surface area contributed by atoms with E-state index in [2.05, 4.69) is 21.7 Å². The number of carbonyl (C=O) groups is 1. The van der Waals surface area contributed by atoms with E-state index in [9.17, 15) is 9.59 Å². The van der Waals surface area contributed by atoms with Crippen LogP contribution in [-0.2, 0) is 6.42 Å². The molecule has 1 amide bonds. The summed E-state index contributed by atoms with van der Waals surface area (Å²) in [5.41, 5.74) is 2.02. The molecule has 3 aromatic rings. The molecule has 5 heteroatoms. The third-order valence-corrected chi connectivity index (χ3v) is 4.23. The van der Waals surface area contributed by atoms with Crippen LogP contribution in [0.2, 0.25) is 0 Å². The Morgan fingerprint density at radius 1 is 1.32 bits per heavy atom. The second-order valence-corrected chi connectivity index (χ2v) is 6.08. The summed E-state index contributed by atoms with van der Waals surface area (Å²) >= 11 is 1.64. The van der Waals surface area contributed by atoms with E-state index < -0.39 is 0 Å². The van der Waals surface area contributed by atoms with Crippen LogP contribution in [0.4, 0.5) is 0 Å². The highest BCUT2D eigenvalue weighted by Crippen LogP contribution is 2.15. The number of aromatic amines is 1. The average Bonchev–Trinajstić information content (AvgIpc) is 2.98. The van der Waals surface area contributed by atoms with Gasteiger partial charge in [-0.2, -0.15) is 11.3 Å². The molecule has 0 fully saturated rings. The molecule has 0 aliphatic heterocycles. The Hall–Kier alpha value is -2.40. The van der Waals surface area contributed by atoms with Crippen molar-refractivity contribution in [2.75, 3.05) is 0 Å². The van der Waals surface area contributed by atoms with Crippen molar-refractivity contribution in [1.82, 2.24) is 10.3 Å². The average molecular weight is 312 g/mol. The van der Waals surface area contributed by atoms with Crippen LogP contribution < -0.4 is 10.9 Å². The van der Waals surface area contributed by atoms with Gasteiger partial charge >= 0.3 is 0 Å². The molecule has 1 unspecified atom stereocenters. The summed E-state index contributed by atoms with van der Waals surface area (Å²) in [5, 5.41) is 7.82. The van der Waals surface area contributed by atoms with Crippen molar-refractivity contribution in [3.05, 3.63) is 68.6 Å². The number of thiophene rings is 1. The molecule has 2 heterocycles. The van der Waals surface area contributed by atoms with Crippen molar-refractivity contribution in [2.24, 2.45) is 0 Å². The van der Waals surface area contributed by atoms with Gasteiger partial charge in [0.25, 0.3) is 5.91 Å². The Morgan fingerprint density at radius 2 is 2.14 bits per heavy atom. The van der Waals surface area contributed by atoms with Gasteiger partial charge in [-0.25, -0.2) is 0 Å². The molecule has 2 aromatic heterocycles. The van der Waals surface area contributed by atoms with Crippen LogP contribution in [0.3, 0.4) is 0 Å². The normalized spacial score (nSPS) is 12.2. The van der Waals surface area contributed by atoms with Gasteiger partial charge in [0.2, 0.25) is 5.56 Å². The molecule has 112 valence electrons. The minimum atomic E-state index is -0.269. The minimum absolute atomic E-state index is 0.000139. The summed E-state index contributed by atoms with van der Waals surface area (Å²) in [5.74, 6) is -0.218. The van der Waals surface area contributed by atoms with E-state index in [1.807, 2.05) is 30.5 Å². The van der Waals surface area contributed by atoms with Crippen molar-refractivity contribution in [1.29, 1.82) is 0 Å². The third-order valence-electron chi connectivity index (χ3n) is 3.49. The standard InChI is InChI=1S/C17H16N2O2S/c1-11(8-12-6-7-22-10-12)18-17(21)14-9-16(20)19-15-5-3-2-4-13(14)15/h2-7,9-11H,8H2,1H3,(H,18,21)(H,19,20). The summed E-state index contributed by atoms with van der Waals surface area (Å²) in [7, 11) is 0. The minimum Gasteiger partial charge on any atom is -0.349 e. The third kappa shape index (κ3) is 3.09. The summed E-state index contributed by atoms with van der Waals surface area (Å²) in [6.45, 7) is 1.96. The number of pyridine rings is 1. The van der Waals surface area contributed by atoms with Crippen LogP contribution in [0.1, 0.15) is 22.8 Å². The van der Waals surface area contributed by atoms with E-state index in [0.717, 1.165) is 11.8 Å². The molecule has 22 heavy (non-hydrogen) atoms. The zero-order valence-corrected chi connectivity index (χ0v) is 12.9. The smallest absolute Gasteiger partial charge is 0.252 e. The number of nitrogens with one attached hydrogen (secondary N) is 2. The molecular weight excluding hydrogens is 296 g/mol. The van der Waals surface area contributed by atoms with Gasteiger partial charge in [0.05, 0.1) is 5.56 Å². The first kappa shape index (κ1) is 14.5. The first-order valence-electron chi connectivity index (χ1n) is 7.07. The molecule has 0 saturated heterocycles. The van der Waals surface area contributed by atoms with Crippen molar-refractivity contribution >= 4 is 28.1 Å². The summed E-state index contributed by atoms with van der Waals surface area (Å²) < 4.78 is 0. The molecule has 1 aromatic carbocycles. The number of aromatic nitrogens is 1. The fourth-order valence-electron chi connectivity index (χ4n) is 2.51. The Labute approximate surface area is 131 Å². The number of fused-ring (bicyclic) bond motifs is 1. The van der Waals surface area contributed by atoms with Crippen LogP contribution in [0.5, 0.6) is 0 Å². The number of benzene rings is 1.